The minimum atomic E-state index is 0.717. The first-order chi connectivity index (χ1) is 9.43. The van der Waals surface area contributed by atoms with Crippen LogP contribution in [0.5, 0.6) is 0 Å². The van der Waals surface area contributed by atoms with E-state index in [0.29, 0.717) is 10.9 Å². The Morgan fingerprint density at radius 1 is 0.789 bits per heavy atom. The van der Waals surface area contributed by atoms with Crippen LogP contribution in [0.4, 0.5) is 0 Å². The molecule has 0 spiro atoms. The van der Waals surface area contributed by atoms with Crippen LogP contribution in [0.25, 0.3) is 0 Å². The largest absolute Gasteiger partial charge is 0.190 e. The van der Waals surface area contributed by atoms with E-state index in [4.69, 9.17) is 0 Å². The fourth-order valence-corrected chi connectivity index (χ4v) is 10.9. The van der Waals surface area contributed by atoms with Gasteiger partial charge in [0, 0.05) is 22.9 Å². The summed E-state index contributed by atoms with van der Waals surface area (Å²) in [5.74, 6) is 6.16. The molecule has 0 N–H and O–H groups in total. The van der Waals surface area contributed by atoms with Crippen molar-refractivity contribution in [3.8, 4) is 0 Å². The summed E-state index contributed by atoms with van der Waals surface area (Å²) in [6.45, 7) is 0. The van der Waals surface area contributed by atoms with Crippen molar-refractivity contribution >= 4 is 21.8 Å². The third-order valence-electron chi connectivity index (χ3n) is 5.03. The molecule has 1 aromatic carbocycles. The summed E-state index contributed by atoms with van der Waals surface area (Å²) in [7, 11) is 1.47. The maximum absolute atomic E-state index is 2.46. The van der Waals surface area contributed by atoms with Crippen LogP contribution in [0.1, 0.15) is 42.1 Å². The summed E-state index contributed by atoms with van der Waals surface area (Å²) in [5.41, 5.74) is 3.47. The Hall–Kier alpha value is -0.0800. The highest BCUT2D eigenvalue weighted by molar-refractivity contribution is 8.01. The molecule has 0 nitrogen and oxygen atoms in total. The molecule has 2 saturated heterocycles. The van der Waals surface area contributed by atoms with E-state index in [1.165, 1.54) is 43.6 Å². The third kappa shape index (κ3) is 2.25. The van der Waals surface area contributed by atoms with Gasteiger partial charge < -0.3 is 0 Å². The van der Waals surface area contributed by atoms with E-state index in [1.807, 2.05) is 0 Å². The van der Waals surface area contributed by atoms with Crippen molar-refractivity contribution in [2.24, 2.45) is 0 Å². The topological polar surface area (TPSA) is 0 Å². The van der Waals surface area contributed by atoms with E-state index in [1.54, 1.807) is 22.6 Å². The maximum atomic E-state index is 2.46. The number of hydrogen-bond donors (Lipinski definition) is 0. The maximum Gasteiger partial charge on any atom is 0.190 e. The zero-order valence-corrected chi connectivity index (χ0v) is 13.3. The smallest absolute Gasteiger partial charge is 0.0620 e. The van der Waals surface area contributed by atoms with Gasteiger partial charge in [-0.1, -0.05) is 24.3 Å². The van der Waals surface area contributed by atoms with Gasteiger partial charge >= 0.3 is 0 Å². The second-order valence-electron chi connectivity index (χ2n) is 6.17. The van der Waals surface area contributed by atoms with Crippen molar-refractivity contribution < 1.29 is 0 Å². The van der Waals surface area contributed by atoms with Crippen molar-refractivity contribution in [1.29, 1.82) is 0 Å². The number of rotatable bonds is 2. The van der Waals surface area contributed by atoms with E-state index in [0.717, 1.165) is 21.4 Å². The van der Waals surface area contributed by atoms with Gasteiger partial charge in [-0.05, 0) is 42.1 Å². The van der Waals surface area contributed by atoms with Crippen LogP contribution >= 0.6 is 0 Å². The van der Waals surface area contributed by atoms with Crippen LogP contribution in [0.15, 0.2) is 24.3 Å². The van der Waals surface area contributed by atoms with E-state index in [2.05, 4.69) is 24.3 Å². The molecule has 2 heterocycles. The highest BCUT2D eigenvalue weighted by Crippen LogP contribution is 2.45. The predicted molar refractivity (Wildman–Crippen MR) is 89.3 cm³/mol. The molecule has 102 valence electrons. The first-order valence-corrected chi connectivity index (χ1v) is 11.1. The Bertz CT molecular complexity index is 444. The second-order valence-corrected chi connectivity index (χ2v) is 11.1. The van der Waals surface area contributed by atoms with Gasteiger partial charge in [-0.2, -0.15) is 0 Å². The molecule has 1 aliphatic carbocycles. The Labute approximate surface area is 123 Å². The van der Waals surface area contributed by atoms with Crippen molar-refractivity contribution in [3.63, 3.8) is 0 Å². The first kappa shape index (κ1) is 12.6. The standard InChI is InChI=1S/C17H24S2/c1-2-8-15-14(7-1)13-16(18-9-3-4-10-18)17(15)19-11-5-6-12-19/h1-2,7-8,16-17H,3-6,9-13H2/q+2. The van der Waals surface area contributed by atoms with Gasteiger partial charge in [0.15, 0.2) is 10.5 Å². The van der Waals surface area contributed by atoms with Gasteiger partial charge in [0.25, 0.3) is 0 Å². The average molecular weight is 293 g/mol. The minimum absolute atomic E-state index is 0.717. The second kappa shape index (κ2) is 5.37. The molecule has 0 saturated carbocycles. The molecule has 2 heteroatoms. The lowest BCUT2D eigenvalue weighted by molar-refractivity contribution is 0.896. The first-order valence-electron chi connectivity index (χ1n) is 7.84. The number of benzene rings is 1. The Kier molecular flexibility index (Phi) is 3.57. The zero-order valence-electron chi connectivity index (χ0n) is 11.6. The molecule has 0 amide bonds. The molecule has 1 aromatic rings. The van der Waals surface area contributed by atoms with Crippen molar-refractivity contribution in [1.82, 2.24) is 0 Å². The highest BCUT2D eigenvalue weighted by Gasteiger charge is 2.53. The fraction of sp³-hybridized carbons (Fsp3) is 0.647. The Morgan fingerprint density at radius 3 is 2.16 bits per heavy atom. The molecule has 0 aromatic heterocycles. The Morgan fingerprint density at radius 2 is 1.42 bits per heavy atom. The van der Waals surface area contributed by atoms with Crippen LogP contribution in [0.2, 0.25) is 0 Å². The molecule has 19 heavy (non-hydrogen) atoms. The molecule has 2 aliphatic heterocycles. The van der Waals surface area contributed by atoms with Crippen molar-refractivity contribution in [2.75, 3.05) is 23.0 Å². The van der Waals surface area contributed by atoms with E-state index < -0.39 is 0 Å². The van der Waals surface area contributed by atoms with Crippen LogP contribution in [-0.4, -0.2) is 28.3 Å². The third-order valence-corrected chi connectivity index (χ3v) is 11.1. The van der Waals surface area contributed by atoms with Crippen LogP contribution < -0.4 is 0 Å². The summed E-state index contributed by atoms with van der Waals surface area (Å²) in [6.07, 6.45) is 7.44. The quantitative estimate of drug-likeness (QED) is 0.732. The van der Waals surface area contributed by atoms with Crippen LogP contribution in [0.3, 0.4) is 0 Å². The molecular weight excluding hydrogens is 268 g/mol. The van der Waals surface area contributed by atoms with E-state index in [-0.39, 0.29) is 0 Å². The van der Waals surface area contributed by atoms with Gasteiger partial charge in [-0.25, -0.2) is 0 Å². The normalized spacial score (nSPS) is 32.0. The van der Waals surface area contributed by atoms with E-state index in [9.17, 15) is 0 Å². The van der Waals surface area contributed by atoms with Gasteiger partial charge in [0.1, 0.15) is 23.0 Å². The van der Waals surface area contributed by atoms with Crippen LogP contribution in [-0.2, 0) is 28.2 Å². The zero-order chi connectivity index (χ0) is 12.7. The SMILES string of the molecule is c1ccc2c(c1)CC([S+]1CCCC1)C2[S+]1CCCC1. The van der Waals surface area contributed by atoms with Crippen LogP contribution in [0, 0.1) is 0 Å². The van der Waals surface area contributed by atoms with Gasteiger partial charge in [-0.15, -0.1) is 0 Å². The lowest BCUT2D eigenvalue weighted by Gasteiger charge is -2.18. The monoisotopic (exact) mass is 292 g/mol. The minimum Gasteiger partial charge on any atom is -0.0620 e. The summed E-state index contributed by atoms with van der Waals surface area (Å²) in [4.78, 5) is 0. The average Bonchev–Trinajstić information content (AvgIpc) is 3.17. The molecule has 2 fully saturated rings. The van der Waals surface area contributed by atoms with Crippen molar-refractivity contribution in [2.45, 2.75) is 42.6 Å². The molecular formula is C17H24S2+2. The molecule has 2 atom stereocenters. The molecule has 0 bridgehead atoms. The molecule has 2 unspecified atom stereocenters. The van der Waals surface area contributed by atoms with Gasteiger partial charge in [0.05, 0.1) is 0 Å². The summed E-state index contributed by atoms with van der Waals surface area (Å²) < 4.78 is 0. The lowest BCUT2D eigenvalue weighted by atomic mass is 10.1. The number of fused-ring (bicyclic) bond motifs is 1. The fourth-order valence-electron chi connectivity index (χ4n) is 4.12. The molecule has 0 radical (unpaired) electrons. The lowest BCUT2D eigenvalue weighted by Crippen LogP contribution is -2.32. The number of hydrogen-bond acceptors (Lipinski definition) is 0. The summed E-state index contributed by atoms with van der Waals surface area (Å²) >= 11 is 0. The summed E-state index contributed by atoms with van der Waals surface area (Å²) in [6, 6.07) is 9.42. The van der Waals surface area contributed by atoms with E-state index >= 15 is 0 Å². The molecule has 3 aliphatic rings. The van der Waals surface area contributed by atoms with Crippen molar-refractivity contribution in [3.05, 3.63) is 35.4 Å². The Balaban J connectivity index is 1.67. The predicted octanol–water partition coefficient (Wildman–Crippen LogP) is 3.48. The highest BCUT2D eigenvalue weighted by atomic mass is 32.2. The summed E-state index contributed by atoms with van der Waals surface area (Å²) in [5, 5.41) is 1.99. The van der Waals surface area contributed by atoms with Gasteiger partial charge in [0.2, 0.25) is 0 Å². The van der Waals surface area contributed by atoms with Gasteiger partial charge in [-0.3, -0.25) is 0 Å². The molecule has 4 rings (SSSR count).